The van der Waals surface area contributed by atoms with Crippen molar-refractivity contribution in [1.29, 1.82) is 0 Å². The number of hydrogen-bond acceptors (Lipinski definition) is 3. The molecule has 1 aliphatic heterocycles. The van der Waals surface area contributed by atoms with E-state index >= 15 is 0 Å². The number of ether oxygens (including phenoxy) is 1. The maximum Gasteiger partial charge on any atom is 0.309 e. The molecule has 4 heteroatoms. The van der Waals surface area contributed by atoms with Crippen LogP contribution < -0.4 is 0 Å². The molecule has 2 fully saturated rings. The van der Waals surface area contributed by atoms with Gasteiger partial charge in [-0.05, 0) is 46.0 Å². The number of piperidine rings is 1. The summed E-state index contributed by atoms with van der Waals surface area (Å²) < 4.78 is 5.05. The Bertz CT molecular complexity index is 302. The predicted octanol–water partition coefficient (Wildman–Crippen LogP) is 1.73. The van der Waals surface area contributed by atoms with Gasteiger partial charge in [0.05, 0.1) is 5.92 Å². The minimum Gasteiger partial charge on any atom is -0.455 e. The van der Waals surface area contributed by atoms with Crippen LogP contribution in [0.15, 0.2) is 0 Å². The summed E-state index contributed by atoms with van der Waals surface area (Å²) in [7, 11) is 0. The Hall–Kier alpha value is -1.06. The standard InChI is InChI=1S/C13H21NO3/c1-9-4-3-5-10(2)14(9)12(15)8-17-13(16)11-6-7-11/h9-11H,3-8H2,1-2H3/t9-,10-/m1/s1. The van der Waals surface area contributed by atoms with E-state index in [-0.39, 0.29) is 36.5 Å². The molecule has 0 aromatic carbocycles. The second-order valence-electron chi connectivity index (χ2n) is 5.31. The Kier molecular flexibility index (Phi) is 3.69. The van der Waals surface area contributed by atoms with E-state index < -0.39 is 0 Å². The molecule has 4 nitrogen and oxygen atoms in total. The van der Waals surface area contributed by atoms with E-state index in [2.05, 4.69) is 13.8 Å². The van der Waals surface area contributed by atoms with E-state index in [1.807, 2.05) is 4.90 Å². The molecule has 1 aliphatic carbocycles. The van der Waals surface area contributed by atoms with Crippen LogP contribution in [0.1, 0.15) is 46.0 Å². The van der Waals surface area contributed by atoms with Gasteiger partial charge in [0.2, 0.25) is 0 Å². The number of nitrogens with zero attached hydrogens (tertiary/aromatic N) is 1. The fourth-order valence-corrected chi connectivity index (χ4v) is 2.56. The fourth-order valence-electron chi connectivity index (χ4n) is 2.56. The van der Waals surface area contributed by atoms with Crippen LogP contribution >= 0.6 is 0 Å². The highest BCUT2D eigenvalue weighted by molar-refractivity contribution is 5.82. The van der Waals surface area contributed by atoms with Crippen molar-refractivity contribution in [2.24, 2.45) is 5.92 Å². The molecule has 1 saturated carbocycles. The quantitative estimate of drug-likeness (QED) is 0.705. The molecule has 0 bridgehead atoms. The highest BCUT2D eigenvalue weighted by Crippen LogP contribution is 2.30. The van der Waals surface area contributed by atoms with Gasteiger partial charge in [0.1, 0.15) is 0 Å². The smallest absolute Gasteiger partial charge is 0.309 e. The summed E-state index contributed by atoms with van der Waals surface area (Å²) in [5.74, 6) is -0.173. The van der Waals surface area contributed by atoms with E-state index in [1.54, 1.807) is 0 Å². The van der Waals surface area contributed by atoms with Crippen molar-refractivity contribution in [1.82, 2.24) is 4.90 Å². The van der Waals surface area contributed by atoms with Crippen LogP contribution in [-0.4, -0.2) is 35.5 Å². The number of hydrogen-bond donors (Lipinski definition) is 0. The van der Waals surface area contributed by atoms with Gasteiger partial charge in [-0.25, -0.2) is 0 Å². The summed E-state index contributed by atoms with van der Waals surface area (Å²) in [6.07, 6.45) is 5.11. The summed E-state index contributed by atoms with van der Waals surface area (Å²) in [5, 5.41) is 0. The van der Waals surface area contributed by atoms with E-state index in [9.17, 15) is 9.59 Å². The van der Waals surface area contributed by atoms with Crippen molar-refractivity contribution in [3.05, 3.63) is 0 Å². The first-order valence-electron chi connectivity index (χ1n) is 6.57. The Morgan fingerprint density at radius 1 is 1.12 bits per heavy atom. The highest BCUT2D eigenvalue weighted by atomic mass is 16.5. The molecule has 2 rings (SSSR count). The molecule has 1 amide bonds. The van der Waals surface area contributed by atoms with E-state index in [0.717, 1.165) is 25.7 Å². The second-order valence-corrected chi connectivity index (χ2v) is 5.31. The zero-order chi connectivity index (χ0) is 12.4. The average molecular weight is 239 g/mol. The molecule has 2 atom stereocenters. The minimum atomic E-state index is -0.198. The van der Waals surface area contributed by atoms with E-state index in [1.165, 1.54) is 6.42 Å². The third-order valence-electron chi connectivity index (χ3n) is 3.73. The van der Waals surface area contributed by atoms with Crippen LogP contribution in [0.5, 0.6) is 0 Å². The molecular weight excluding hydrogens is 218 g/mol. The molecule has 0 radical (unpaired) electrons. The first kappa shape index (κ1) is 12.4. The zero-order valence-corrected chi connectivity index (χ0v) is 10.6. The average Bonchev–Trinajstić information content (AvgIpc) is 3.09. The monoisotopic (exact) mass is 239 g/mol. The number of amides is 1. The van der Waals surface area contributed by atoms with E-state index in [4.69, 9.17) is 4.74 Å². The summed E-state index contributed by atoms with van der Waals surface area (Å²) in [4.78, 5) is 25.3. The SMILES string of the molecule is C[C@@H]1CCC[C@@H](C)N1C(=O)COC(=O)C1CC1. The number of carbonyl (C=O) groups is 2. The number of rotatable bonds is 3. The molecule has 2 aliphatic rings. The lowest BCUT2D eigenvalue weighted by atomic mass is 9.97. The van der Waals surface area contributed by atoms with Crippen LogP contribution in [0.25, 0.3) is 0 Å². The molecule has 1 heterocycles. The molecule has 0 aromatic heterocycles. The van der Waals surface area contributed by atoms with Gasteiger partial charge in [0, 0.05) is 12.1 Å². The topological polar surface area (TPSA) is 46.6 Å². The number of esters is 1. The van der Waals surface area contributed by atoms with Crippen LogP contribution in [-0.2, 0) is 14.3 Å². The maximum atomic E-state index is 12.0. The van der Waals surface area contributed by atoms with Gasteiger partial charge in [-0.2, -0.15) is 0 Å². The third kappa shape index (κ3) is 2.99. The maximum absolute atomic E-state index is 12.0. The van der Waals surface area contributed by atoms with E-state index in [0.29, 0.717) is 0 Å². The largest absolute Gasteiger partial charge is 0.455 e. The van der Waals surface area contributed by atoms with Crippen LogP contribution in [0.2, 0.25) is 0 Å². The van der Waals surface area contributed by atoms with Crippen molar-refractivity contribution in [2.45, 2.75) is 58.0 Å². The second kappa shape index (κ2) is 5.07. The highest BCUT2D eigenvalue weighted by Gasteiger charge is 2.33. The fraction of sp³-hybridized carbons (Fsp3) is 0.846. The summed E-state index contributed by atoms with van der Waals surface area (Å²) in [6, 6.07) is 0.539. The Morgan fingerprint density at radius 3 is 2.24 bits per heavy atom. The van der Waals surface area contributed by atoms with Gasteiger partial charge in [0.25, 0.3) is 5.91 Å². The van der Waals surface area contributed by atoms with Crippen LogP contribution in [0.3, 0.4) is 0 Å². The van der Waals surface area contributed by atoms with Crippen molar-refractivity contribution in [3.8, 4) is 0 Å². The minimum absolute atomic E-state index is 0.0429. The Balaban J connectivity index is 1.82. The van der Waals surface area contributed by atoms with Gasteiger partial charge in [-0.3, -0.25) is 9.59 Å². The van der Waals surface area contributed by atoms with Crippen LogP contribution in [0.4, 0.5) is 0 Å². The van der Waals surface area contributed by atoms with Gasteiger partial charge in [0.15, 0.2) is 6.61 Å². The lowest BCUT2D eigenvalue weighted by molar-refractivity contribution is -0.155. The van der Waals surface area contributed by atoms with Crippen LogP contribution in [0, 0.1) is 5.92 Å². The molecule has 0 N–H and O–H groups in total. The van der Waals surface area contributed by atoms with Crippen molar-refractivity contribution in [3.63, 3.8) is 0 Å². The lowest BCUT2D eigenvalue weighted by Crippen LogP contribution is -2.49. The van der Waals surface area contributed by atoms with Gasteiger partial charge in [-0.15, -0.1) is 0 Å². The zero-order valence-electron chi connectivity index (χ0n) is 10.6. The molecule has 17 heavy (non-hydrogen) atoms. The Morgan fingerprint density at radius 2 is 1.71 bits per heavy atom. The molecule has 0 aromatic rings. The predicted molar refractivity (Wildman–Crippen MR) is 63.3 cm³/mol. The summed E-state index contributed by atoms with van der Waals surface area (Å²) >= 11 is 0. The first-order chi connectivity index (χ1) is 8.09. The van der Waals surface area contributed by atoms with Crippen molar-refractivity contribution in [2.75, 3.05) is 6.61 Å². The molecular formula is C13H21NO3. The number of carbonyl (C=O) groups excluding carboxylic acids is 2. The Labute approximate surface area is 102 Å². The van der Waals surface area contributed by atoms with Gasteiger partial charge >= 0.3 is 5.97 Å². The normalized spacial score (nSPS) is 28.9. The van der Waals surface area contributed by atoms with Gasteiger partial charge < -0.3 is 9.64 Å². The molecule has 96 valence electrons. The molecule has 0 unspecified atom stereocenters. The number of likely N-dealkylation sites (tertiary alicyclic amines) is 1. The molecule has 0 spiro atoms. The lowest BCUT2D eigenvalue weighted by Gasteiger charge is -2.38. The summed E-state index contributed by atoms with van der Waals surface area (Å²) in [6.45, 7) is 4.05. The van der Waals surface area contributed by atoms with Crippen molar-refractivity contribution >= 4 is 11.9 Å². The van der Waals surface area contributed by atoms with Crippen molar-refractivity contribution < 1.29 is 14.3 Å². The van der Waals surface area contributed by atoms with Gasteiger partial charge in [-0.1, -0.05) is 0 Å². The first-order valence-corrected chi connectivity index (χ1v) is 6.57. The molecule has 1 saturated heterocycles. The summed E-state index contributed by atoms with van der Waals surface area (Å²) in [5.41, 5.74) is 0. The third-order valence-corrected chi connectivity index (χ3v) is 3.73.